The van der Waals surface area contributed by atoms with E-state index in [2.05, 4.69) is 9.59 Å². The van der Waals surface area contributed by atoms with E-state index < -0.39 is 21.1 Å². The summed E-state index contributed by atoms with van der Waals surface area (Å²) in [6.45, 7) is 1.91. The lowest BCUT2D eigenvalue weighted by Gasteiger charge is -2.16. The van der Waals surface area contributed by atoms with Gasteiger partial charge in [-0.2, -0.15) is 0 Å². The number of hydrogen-bond donors (Lipinski definition) is 0. The van der Waals surface area contributed by atoms with Crippen molar-refractivity contribution in [3.8, 4) is 0 Å². The first-order chi connectivity index (χ1) is 12.7. The van der Waals surface area contributed by atoms with Crippen LogP contribution in [0.1, 0.15) is 12.6 Å². The van der Waals surface area contributed by atoms with Crippen LogP contribution in [-0.2, 0) is 23.1 Å². The second-order valence-corrected chi connectivity index (χ2v) is 9.38. The van der Waals surface area contributed by atoms with Crippen molar-refractivity contribution < 1.29 is 8.42 Å². The summed E-state index contributed by atoms with van der Waals surface area (Å²) in [7, 11) is -0.885. The minimum atomic E-state index is -3.72. The first-order valence-corrected chi connectivity index (χ1v) is 10.4. The molecule has 3 aromatic rings. The molecule has 0 amide bonds. The zero-order chi connectivity index (χ0) is 19.9. The van der Waals surface area contributed by atoms with Crippen LogP contribution in [0.25, 0.3) is 11.0 Å². The van der Waals surface area contributed by atoms with Crippen molar-refractivity contribution in [3.05, 3.63) is 48.9 Å². The van der Waals surface area contributed by atoms with Gasteiger partial charge < -0.3 is 4.57 Å². The predicted molar refractivity (Wildman–Crippen MR) is 103 cm³/mol. The quantitative estimate of drug-likeness (QED) is 0.559. The van der Waals surface area contributed by atoms with Crippen LogP contribution >= 0.6 is 23.1 Å². The molecule has 0 saturated heterocycles. The van der Waals surface area contributed by atoms with Gasteiger partial charge in [0.25, 0.3) is 0 Å². The molecule has 0 aliphatic carbocycles. The van der Waals surface area contributed by atoms with Crippen molar-refractivity contribution in [2.45, 2.75) is 24.9 Å². The van der Waals surface area contributed by atoms with E-state index in [0.29, 0.717) is 21.1 Å². The van der Waals surface area contributed by atoms with E-state index in [9.17, 15) is 18.0 Å². The minimum Gasteiger partial charge on any atom is -0.302 e. The highest BCUT2D eigenvalue weighted by Gasteiger charge is 2.21. The van der Waals surface area contributed by atoms with Crippen molar-refractivity contribution >= 4 is 44.2 Å². The van der Waals surface area contributed by atoms with E-state index in [1.807, 2.05) is 0 Å². The predicted octanol–water partition coefficient (Wildman–Crippen LogP) is 0.987. The van der Waals surface area contributed by atoms with E-state index in [-0.39, 0.29) is 18.0 Å². The highest BCUT2D eigenvalue weighted by molar-refractivity contribution is 7.89. The maximum atomic E-state index is 12.7. The molecule has 0 saturated carbocycles. The van der Waals surface area contributed by atoms with Crippen LogP contribution in [0.15, 0.2) is 32.7 Å². The molecule has 0 atom stereocenters. The second kappa shape index (κ2) is 7.15. The van der Waals surface area contributed by atoms with Crippen LogP contribution in [0.4, 0.5) is 0 Å². The average Bonchev–Trinajstić information content (AvgIpc) is 3.03. The Kier molecular flexibility index (Phi) is 5.21. The van der Waals surface area contributed by atoms with E-state index >= 15 is 0 Å². The van der Waals surface area contributed by atoms with Gasteiger partial charge in [0, 0.05) is 32.2 Å². The summed E-state index contributed by atoms with van der Waals surface area (Å²) >= 11 is 6.99. The van der Waals surface area contributed by atoms with Crippen LogP contribution in [-0.4, -0.2) is 45.5 Å². The molecule has 0 aliphatic rings. The number of benzene rings is 1. The topological polar surface area (TPSA) is 107 Å². The van der Waals surface area contributed by atoms with Gasteiger partial charge in [-0.05, 0) is 25.1 Å². The molecule has 0 bridgehead atoms. The molecule has 0 fully saturated rings. The van der Waals surface area contributed by atoms with Gasteiger partial charge >= 0.3 is 11.1 Å². The largest absolute Gasteiger partial charge is 0.317 e. The van der Waals surface area contributed by atoms with Gasteiger partial charge in [-0.25, -0.2) is 12.7 Å². The number of aromatic nitrogens is 4. The molecule has 0 N–H and O–H groups in total. The number of rotatable bonds is 5. The van der Waals surface area contributed by atoms with E-state index in [0.717, 1.165) is 15.8 Å². The summed E-state index contributed by atoms with van der Waals surface area (Å²) < 4.78 is 32.6. The number of aryl methyl sites for hydroxylation is 1. The van der Waals surface area contributed by atoms with Gasteiger partial charge in [0.15, 0.2) is 0 Å². The third-order valence-electron chi connectivity index (χ3n) is 4.11. The van der Waals surface area contributed by atoms with Gasteiger partial charge in [-0.3, -0.25) is 14.2 Å². The average molecular weight is 430 g/mol. The Labute approximate surface area is 163 Å². The Morgan fingerprint density at radius 1 is 1.15 bits per heavy atom. The number of halogens is 1. The SMILES string of the molecule is CCn1c(=O)c(=O)n(Cc2nnsc2Cl)c2cc(S(=O)(=O)N(C)C)ccc21. The summed E-state index contributed by atoms with van der Waals surface area (Å²) in [5.41, 5.74) is -0.410. The molecule has 2 aromatic heterocycles. The summed E-state index contributed by atoms with van der Waals surface area (Å²) in [6.07, 6.45) is 0. The number of sulfonamides is 1. The minimum absolute atomic E-state index is 0.0111. The molecule has 3 rings (SSSR count). The maximum Gasteiger partial charge on any atom is 0.317 e. The number of fused-ring (bicyclic) bond motifs is 1. The van der Waals surface area contributed by atoms with Gasteiger partial charge in [0.05, 0.1) is 22.5 Å². The summed E-state index contributed by atoms with van der Waals surface area (Å²) in [5, 5.41) is 3.87. The lowest BCUT2D eigenvalue weighted by atomic mass is 10.2. The van der Waals surface area contributed by atoms with Crippen molar-refractivity contribution in [1.29, 1.82) is 0 Å². The molecule has 2 heterocycles. The van der Waals surface area contributed by atoms with Crippen LogP contribution < -0.4 is 11.1 Å². The molecular weight excluding hydrogens is 414 g/mol. The van der Waals surface area contributed by atoms with Crippen molar-refractivity contribution in [2.24, 2.45) is 0 Å². The van der Waals surface area contributed by atoms with E-state index in [4.69, 9.17) is 11.6 Å². The summed E-state index contributed by atoms with van der Waals surface area (Å²) in [5.74, 6) is 0. The fourth-order valence-electron chi connectivity index (χ4n) is 2.68. The molecule has 9 nitrogen and oxygen atoms in total. The Morgan fingerprint density at radius 2 is 1.81 bits per heavy atom. The first-order valence-electron chi connectivity index (χ1n) is 7.85. The fourth-order valence-corrected chi connectivity index (χ4v) is 4.21. The summed E-state index contributed by atoms with van der Waals surface area (Å²) in [4.78, 5) is 25.2. The van der Waals surface area contributed by atoms with Crippen LogP contribution in [0, 0.1) is 0 Å². The zero-order valence-corrected chi connectivity index (χ0v) is 17.1. The fraction of sp³-hybridized carbons (Fsp3) is 0.333. The summed E-state index contributed by atoms with van der Waals surface area (Å²) in [6, 6.07) is 4.31. The third kappa shape index (κ3) is 3.31. The lowest BCUT2D eigenvalue weighted by Crippen LogP contribution is -2.41. The van der Waals surface area contributed by atoms with Gasteiger partial charge in [-0.1, -0.05) is 16.1 Å². The molecule has 0 unspecified atom stereocenters. The smallest absolute Gasteiger partial charge is 0.302 e. The molecule has 12 heteroatoms. The second-order valence-electron chi connectivity index (χ2n) is 5.87. The molecule has 144 valence electrons. The number of nitrogens with zero attached hydrogens (tertiary/aromatic N) is 5. The van der Waals surface area contributed by atoms with Crippen molar-refractivity contribution in [3.63, 3.8) is 0 Å². The Bertz CT molecular complexity index is 1240. The van der Waals surface area contributed by atoms with Gasteiger partial charge in [0.1, 0.15) is 10.0 Å². The molecule has 0 aliphatic heterocycles. The van der Waals surface area contributed by atoms with Gasteiger partial charge in [-0.15, -0.1) is 5.10 Å². The first kappa shape index (κ1) is 19.7. The molecular formula is C15H16ClN5O4S2. The van der Waals surface area contributed by atoms with Crippen molar-refractivity contribution in [1.82, 2.24) is 23.0 Å². The van der Waals surface area contributed by atoms with E-state index in [1.165, 1.54) is 41.4 Å². The van der Waals surface area contributed by atoms with Crippen LogP contribution in [0.5, 0.6) is 0 Å². The normalized spacial score (nSPS) is 12.2. The van der Waals surface area contributed by atoms with Crippen LogP contribution in [0.2, 0.25) is 4.34 Å². The van der Waals surface area contributed by atoms with E-state index in [1.54, 1.807) is 6.92 Å². The molecule has 0 spiro atoms. The van der Waals surface area contributed by atoms with Crippen molar-refractivity contribution in [2.75, 3.05) is 14.1 Å². The monoisotopic (exact) mass is 429 g/mol. The van der Waals surface area contributed by atoms with Crippen LogP contribution in [0.3, 0.4) is 0 Å². The van der Waals surface area contributed by atoms with Gasteiger partial charge in [0.2, 0.25) is 10.0 Å². The lowest BCUT2D eigenvalue weighted by molar-refractivity contribution is 0.520. The Balaban J connectivity index is 2.38. The molecule has 27 heavy (non-hydrogen) atoms. The Morgan fingerprint density at radius 3 is 2.37 bits per heavy atom. The molecule has 0 radical (unpaired) electrons. The standard InChI is InChI=1S/C15H16ClN5O4S2/c1-4-20-11-6-5-9(27(24,25)19(2)3)7-12(11)21(15(23)14(20)22)8-10-13(16)26-18-17-10/h5-7H,4,8H2,1-3H3. The molecule has 1 aromatic carbocycles. The zero-order valence-electron chi connectivity index (χ0n) is 14.7. The highest BCUT2D eigenvalue weighted by Crippen LogP contribution is 2.22. The highest BCUT2D eigenvalue weighted by atomic mass is 35.5. The maximum absolute atomic E-state index is 12.7. The third-order valence-corrected chi connectivity index (χ3v) is 6.91. The number of hydrogen-bond acceptors (Lipinski definition) is 7. The Hall–Kier alpha value is -2.08.